The van der Waals surface area contributed by atoms with Crippen molar-refractivity contribution >= 4 is 27.6 Å². The highest BCUT2D eigenvalue weighted by Crippen LogP contribution is 2.44. The van der Waals surface area contributed by atoms with Gasteiger partial charge in [0.1, 0.15) is 5.75 Å². The van der Waals surface area contributed by atoms with Crippen molar-refractivity contribution in [1.82, 2.24) is 9.80 Å². The van der Waals surface area contributed by atoms with Gasteiger partial charge in [-0.05, 0) is 30.5 Å². The number of hydrogen-bond acceptors (Lipinski definition) is 7. The van der Waals surface area contributed by atoms with Gasteiger partial charge in [0.25, 0.3) is 0 Å². The Hall–Kier alpha value is -2.46. The number of likely N-dealkylation sites (N-methyl/N-ethyl adjacent to an activating group) is 1. The lowest BCUT2D eigenvalue weighted by molar-refractivity contribution is -0.145. The minimum atomic E-state index is -3.46. The van der Waals surface area contributed by atoms with E-state index in [4.69, 9.17) is 4.74 Å². The number of rotatable bonds is 6. The molecule has 0 aromatic heterocycles. The zero-order valence-electron chi connectivity index (χ0n) is 18.9. The molecule has 1 saturated carbocycles. The van der Waals surface area contributed by atoms with Gasteiger partial charge in [-0.3, -0.25) is 19.3 Å². The Balaban J connectivity index is 1.69. The maximum absolute atomic E-state index is 13.8. The van der Waals surface area contributed by atoms with Crippen LogP contribution in [-0.4, -0.2) is 84.9 Å². The second-order valence-corrected chi connectivity index (χ2v) is 11.5. The summed E-state index contributed by atoms with van der Waals surface area (Å²) in [7, 11) is -0.520. The second kappa shape index (κ2) is 8.72. The maximum Gasteiger partial charge on any atom is 0.241 e. The number of amides is 3. The van der Waals surface area contributed by atoms with Gasteiger partial charge in [0.2, 0.25) is 17.7 Å². The van der Waals surface area contributed by atoms with E-state index in [9.17, 15) is 27.9 Å². The Kier molecular flexibility index (Phi) is 6.26. The number of likely N-dealkylation sites (tertiary alicyclic amines) is 1. The van der Waals surface area contributed by atoms with Crippen LogP contribution in [0.4, 0.5) is 0 Å². The molecule has 9 nitrogen and oxygen atoms in total. The SMILES string of the molecule is COc1cccc([C@@]2(CC(=O)N(C)[C@@H]3CS(=O)(=O)C[C@H]3O)CC(=O)N(C3CCCC3)C2=O)c1. The third kappa shape index (κ3) is 4.26. The van der Waals surface area contributed by atoms with Crippen molar-refractivity contribution in [3.05, 3.63) is 29.8 Å². The van der Waals surface area contributed by atoms with Crippen LogP contribution in [0.25, 0.3) is 0 Å². The molecule has 10 heteroatoms. The third-order valence-electron chi connectivity index (χ3n) is 7.30. The monoisotopic (exact) mass is 478 g/mol. The van der Waals surface area contributed by atoms with Crippen LogP contribution in [0.3, 0.4) is 0 Å². The van der Waals surface area contributed by atoms with Gasteiger partial charge in [-0.2, -0.15) is 0 Å². The van der Waals surface area contributed by atoms with Crippen LogP contribution in [0.5, 0.6) is 5.75 Å². The predicted molar refractivity (Wildman–Crippen MR) is 119 cm³/mol. The zero-order chi connectivity index (χ0) is 24.0. The molecule has 0 unspecified atom stereocenters. The standard InChI is InChI=1S/C23H30N2O7S/c1-24(18-13-33(30,31)14-19(18)26)20(27)11-23(15-6-5-9-17(10-15)32-2)12-21(28)25(22(23)29)16-7-3-4-8-16/h5-6,9-10,16,18-19,26H,3-4,7-8,11-14H2,1-2H3/t18-,19-,23-/m1/s1. The first kappa shape index (κ1) is 23.7. The summed E-state index contributed by atoms with van der Waals surface area (Å²) in [6, 6.07) is 5.78. The number of ether oxygens (including phenoxy) is 1. The molecule has 0 bridgehead atoms. The van der Waals surface area contributed by atoms with Crippen LogP contribution in [0.15, 0.2) is 24.3 Å². The van der Waals surface area contributed by atoms with Gasteiger partial charge in [-0.15, -0.1) is 0 Å². The quantitative estimate of drug-likeness (QED) is 0.596. The van der Waals surface area contributed by atoms with E-state index in [1.165, 1.54) is 24.0 Å². The topological polar surface area (TPSA) is 121 Å². The average Bonchev–Trinajstić information content (AvgIpc) is 3.45. The molecule has 1 N–H and O–H groups in total. The van der Waals surface area contributed by atoms with E-state index >= 15 is 0 Å². The van der Waals surface area contributed by atoms with Gasteiger partial charge in [0, 0.05) is 25.9 Å². The van der Waals surface area contributed by atoms with Crippen LogP contribution in [0, 0.1) is 0 Å². The van der Waals surface area contributed by atoms with Crippen molar-refractivity contribution in [3.63, 3.8) is 0 Å². The van der Waals surface area contributed by atoms with Crippen molar-refractivity contribution in [3.8, 4) is 5.75 Å². The molecule has 33 heavy (non-hydrogen) atoms. The number of aliphatic hydroxyl groups excluding tert-OH is 1. The Morgan fingerprint density at radius 3 is 2.55 bits per heavy atom. The lowest BCUT2D eigenvalue weighted by Gasteiger charge is -2.33. The number of aliphatic hydroxyl groups is 1. The van der Waals surface area contributed by atoms with E-state index in [1.54, 1.807) is 24.3 Å². The number of hydrogen-bond donors (Lipinski definition) is 1. The summed E-state index contributed by atoms with van der Waals surface area (Å²) in [5.74, 6) is -1.41. The minimum Gasteiger partial charge on any atom is -0.497 e. The van der Waals surface area contributed by atoms with E-state index in [-0.39, 0.29) is 30.5 Å². The summed E-state index contributed by atoms with van der Waals surface area (Å²) in [4.78, 5) is 42.8. The van der Waals surface area contributed by atoms with Crippen molar-refractivity contribution in [2.24, 2.45) is 0 Å². The number of methoxy groups -OCH3 is 1. The molecule has 2 saturated heterocycles. The van der Waals surface area contributed by atoms with Crippen LogP contribution >= 0.6 is 0 Å². The van der Waals surface area contributed by atoms with Gasteiger partial charge in [0.15, 0.2) is 9.84 Å². The first-order valence-corrected chi connectivity index (χ1v) is 13.1. The van der Waals surface area contributed by atoms with Crippen molar-refractivity contribution < 1.29 is 32.6 Å². The van der Waals surface area contributed by atoms with E-state index < -0.39 is 45.0 Å². The van der Waals surface area contributed by atoms with Gasteiger partial charge in [-0.1, -0.05) is 25.0 Å². The van der Waals surface area contributed by atoms with Crippen molar-refractivity contribution in [2.75, 3.05) is 25.7 Å². The van der Waals surface area contributed by atoms with E-state index in [1.807, 2.05) is 0 Å². The number of carbonyl (C=O) groups excluding carboxylic acids is 3. The van der Waals surface area contributed by atoms with Crippen LogP contribution in [0.1, 0.15) is 44.1 Å². The zero-order valence-corrected chi connectivity index (χ0v) is 19.7. The molecule has 1 aromatic rings. The predicted octanol–water partition coefficient (Wildman–Crippen LogP) is 0.641. The molecular formula is C23H30N2O7S. The first-order chi connectivity index (χ1) is 15.6. The van der Waals surface area contributed by atoms with E-state index in [2.05, 4.69) is 0 Å². The largest absolute Gasteiger partial charge is 0.497 e. The number of carbonyl (C=O) groups is 3. The third-order valence-corrected chi connectivity index (χ3v) is 9.00. The lowest BCUT2D eigenvalue weighted by atomic mass is 9.75. The van der Waals surface area contributed by atoms with Crippen LogP contribution in [-0.2, 0) is 29.6 Å². The summed E-state index contributed by atoms with van der Waals surface area (Å²) < 4.78 is 29.2. The molecule has 180 valence electrons. The van der Waals surface area contributed by atoms with E-state index in [0.29, 0.717) is 11.3 Å². The molecule has 3 fully saturated rings. The molecule has 0 spiro atoms. The molecule has 1 aliphatic carbocycles. The fraction of sp³-hybridized carbons (Fsp3) is 0.609. The van der Waals surface area contributed by atoms with Crippen LogP contribution in [0.2, 0.25) is 0 Å². The molecule has 3 amide bonds. The first-order valence-electron chi connectivity index (χ1n) is 11.2. The molecule has 3 atom stereocenters. The normalized spacial score (nSPS) is 29.6. The Morgan fingerprint density at radius 2 is 1.94 bits per heavy atom. The van der Waals surface area contributed by atoms with Gasteiger partial charge in [-0.25, -0.2) is 8.42 Å². The fourth-order valence-corrected chi connectivity index (χ4v) is 7.27. The Labute approximate surface area is 193 Å². The molecular weight excluding hydrogens is 448 g/mol. The Morgan fingerprint density at radius 1 is 1.24 bits per heavy atom. The maximum atomic E-state index is 13.8. The van der Waals surface area contributed by atoms with Crippen LogP contribution < -0.4 is 4.74 Å². The summed E-state index contributed by atoms with van der Waals surface area (Å²) in [6.07, 6.45) is 1.78. The lowest BCUT2D eigenvalue weighted by Crippen LogP contribution is -2.49. The van der Waals surface area contributed by atoms with E-state index in [0.717, 1.165) is 25.7 Å². The highest BCUT2D eigenvalue weighted by atomic mass is 32.2. The number of imide groups is 1. The second-order valence-electron chi connectivity index (χ2n) is 9.39. The molecule has 3 aliphatic rings. The van der Waals surface area contributed by atoms with Crippen molar-refractivity contribution in [1.29, 1.82) is 0 Å². The highest BCUT2D eigenvalue weighted by molar-refractivity contribution is 7.91. The molecule has 4 rings (SSSR count). The number of sulfone groups is 1. The summed E-state index contributed by atoms with van der Waals surface area (Å²) in [5.41, 5.74) is -0.885. The number of benzene rings is 1. The Bertz CT molecular complexity index is 1070. The minimum absolute atomic E-state index is 0.138. The number of nitrogens with zero attached hydrogens (tertiary/aromatic N) is 2. The summed E-state index contributed by atoms with van der Waals surface area (Å²) in [5, 5.41) is 10.2. The van der Waals surface area contributed by atoms with Gasteiger partial charge in [0.05, 0.1) is 36.2 Å². The van der Waals surface area contributed by atoms with Crippen molar-refractivity contribution in [2.45, 2.75) is 62.1 Å². The average molecular weight is 479 g/mol. The fourth-order valence-electron chi connectivity index (χ4n) is 5.43. The molecule has 2 aliphatic heterocycles. The smallest absolute Gasteiger partial charge is 0.241 e. The molecule has 1 aromatic carbocycles. The molecule has 0 radical (unpaired) electrons. The summed E-state index contributed by atoms with van der Waals surface area (Å²) >= 11 is 0. The summed E-state index contributed by atoms with van der Waals surface area (Å²) in [6.45, 7) is 0. The highest BCUT2D eigenvalue weighted by Gasteiger charge is 2.56. The molecule has 2 heterocycles. The van der Waals surface area contributed by atoms with Gasteiger partial charge < -0.3 is 14.7 Å². The van der Waals surface area contributed by atoms with Gasteiger partial charge >= 0.3 is 0 Å².